The summed E-state index contributed by atoms with van der Waals surface area (Å²) in [5, 5.41) is 9.56. The number of aromatic nitrogens is 2. The molecule has 41 heavy (non-hydrogen) atoms. The molecular formula is C32H43N7O2. The van der Waals surface area contributed by atoms with Crippen molar-refractivity contribution in [3.05, 3.63) is 52.7 Å². The number of hydrogen-bond donors (Lipinski definition) is 0. The van der Waals surface area contributed by atoms with Crippen molar-refractivity contribution >= 4 is 17.4 Å². The fourth-order valence-corrected chi connectivity index (χ4v) is 6.27. The molecule has 2 aromatic rings. The van der Waals surface area contributed by atoms with Gasteiger partial charge in [-0.1, -0.05) is 18.2 Å². The first-order valence-corrected chi connectivity index (χ1v) is 14.8. The molecule has 0 spiro atoms. The summed E-state index contributed by atoms with van der Waals surface area (Å²) in [6, 6.07) is 8.99. The maximum absolute atomic E-state index is 12.8. The number of anilines is 2. The molecule has 3 aliphatic rings. The van der Waals surface area contributed by atoms with Gasteiger partial charge in [-0.2, -0.15) is 15.2 Å². The summed E-state index contributed by atoms with van der Waals surface area (Å²) in [7, 11) is 4.21. The molecular weight excluding hydrogens is 514 g/mol. The van der Waals surface area contributed by atoms with Crippen molar-refractivity contribution in [3.8, 4) is 12.1 Å². The second kappa shape index (κ2) is 12.1. The molecule has 1 aromatic heterocycles. The second-order valence-corrected chi connectivity index (χ2v) is 12.2. The highest BCUT2D eigenvalue weighted by atomic mass is 16.5. The van der Waals surface area contributed by atoms with Crippen LogP contribution in [0.3, 0.4) is 0 Å². The van der Waals surface area contributed by atoms with E-state index in [1.807, 2.05) is 11.8 Å². The Morgan fingerprint density at radius 2 is 2.00 bits per heavy atom. The Hall–Kier alpha value is -3.64. The fourth-order valence-electron chi connectivity index (χ4n) is 6.27. The lowest BCUT2D eigenvalue weighted by atomic mass is 10.0. The molecule has 0 bridgehead atoms. The zero-order chi connectivity index (χ0) is 29.1. The summed E-state index contributed by atoms with van der Waals surface area (Å²) >= 11 is 0. The average Bonchev–Trinajstić information content (AvgIpc) is 3.71. The van der Waals surface area contributed by atoms with Crippen molar-refractivity contribution in [1.82, 2.24) is 19.8 Å². The zero-order valence-electron chi connectivity index (χ0n) is 25.2. The number of nitrogens with zero attached hydrogens (tertiary/aromatic N) is 7. The van der Waals surface area contributed by atoms with Crippen LogP contribution in [-0.4, -0.2) is 85.1 Å². The quantitative estimate of drug-likeness (QED) is 0.429. The number of fused-ring (bicyclic) bond motifs is 1. The van der Waals surface area contributed by atoms with Gasteiger partial charge in [0.15, 0.2) is 0 Å². The van der Waals surface area contributed by atoms with Crippen LogP contribution in [0.1, 0.15) is 48.6 Å². The third-order valence-electron chi connectivity index (χ3n) is 8.76. The molecule has 9 nitrogen and oxygen atoms in total. The van der Waals surface area contributed by atoms with Crippen molar-refractivity contribution in [2.75, 3.05) is 63.2 Å². The molecule has 1 aliphatic carbocycles. The average molecular weight is 558 g/mol. The lowest BCUT2D eigenvalue weighted by Gasteiger charge is -2.42. The van der Waals surface area contributed by atoms with E-state index in [-0.39, 0.29) is 23.8 Å². The number of amides is 1. The number of carbonyl (C=O) groups excluding carboxylic acids is 1. The molecule has 0 radical (unpaired) electrons. The van der Waals surface area contributed by atoms with E-state index < -0.39 is 0 Å². The number of hydrogen-bond acceptors (Lipinski definition) is 8. The Balaban J connectivity index is 1.45. The molecule has 1 atom stereocenters. The monoisotopic (exact) mass is 557 g/mol. The van der Waals surface area contributed by atoms with E-state index in [2.05, 4.69) is 66.9 Å². The molecule has 9 heteroatoms. The lowest BCUT2D eigenvalue weighted by molar-refractivity contribution is -0.128. The summed E-state index contributed by atoms with van der Waals surface area (Å²) in [5.41, 5.74) is 6.14. The van der Waals surface area contributed by atoms with Gasteiger partial charge in [-0.05, 0) is 77.4 Å². The van der Waals surface area contributed by atoms with Crippen molar-refractivity contribution in [2.24, 2.45) is 5.41 Å². The third kappa shape index (κ3) is 6.33. The first-order valence-electron chi connectivity index (χ1n) is 14.8. The molecule has 5 rings (SSSR count). The number of piperazine rings is 1. The van der Waals surface area contributed by atoms with Gasteiger partial charge < -0.3 is 24.3 Å². The van der Waals surface area contributed by atoms with Crippen molar-refractivity contribution in [2.45, 2.75) is 59.0 Å². The number of carbonyl (C=O) groups is 1. The van der Waals surface area contributed by atoms with Crippen molar-refractivity contribution < 1.29 is 9.53 Å². The SMILES string of the molecule is C/C=C/C(=O)N1CCN(c2nc(OCC3(CN(C)C)CC3)nc3c2CCN(c2cccc(C)c2C)C3)CC1CC#N. The molecule has 218 valence electrons. The van der Waals surface area contributed by atoms with Crippen LogP contribution in [0.25, 0.3) is 0 Å². The fraction of sp³-hybridized carbons (Fsp3) is 0.562. The van der Waals surface area contributed by atoms with Crippen LogP contribution in [0.5, 0.6) is 6.01 Å². The zero-order valence-corrected chi connectivity index (χ0v) is 25.2. The Morgan fingerprint density at radius 3 is 2.71 bits per heavy atom. The number of nitriles is 1. The third-order valence-corrected chi connectivity index (χ3v) is 8.76. The Bertz CT molecular complexity index is 1340. The highest BCUT2D eigenvalue weighted by Crippen LogP contribution is 2.46. The topological polar surface area (TPSA) is 88.8 Å². The van der Waals surface area contributed by atoms with Gasteiger partial charge in [0.05, 0.1) is 37.4 Å². The molecule has 1 amide bonds. The highest BCUT2D eigenvalue weighted by molar-refractivity contribution is 5.88. The van der Waals surface area contributed by atoms with E-state index in [0.717, 1.165) is 49.4 Å². The summed E-state index contributed by atoms with van der Waals surface area (Å²) in [5.74, 6) is 0.852. The predicted octanol–water partition coefficient (Wildman–Crippen LogP) is 3.88. The highest BCUT2D eigenvalue weighted by Gasteiger charge is 2.44. The van der Waals surface area contributed by atoms with Gasteiger partial charge in [-0.15, -0.1) is 0 Å². The molecule has 3 heterocycles. The molecule has 1 saturated carbocycles. The Kier molecular flexibility index (Phi) is 8.50. The number of aryl methyl sites for hydroxylation is 1. The van der Waals surface area contributed by atoms with Gasteiger partial charge in [0.25, 0.3) is 0 Å². The minimum absolute atomic E-state index is 0.0408. The summed E-state index contributed by atoms with van der Waals surface area (Å²) in [6.07, 6.45) is 6.76. The van der Waals surface area contributed by atoms with E-state index in [0.29, 0.717) is 38.8 Å². The first kappa shape index (κ1) is 28.9. The molecule has 1 aromatic carbocycles. The maximum atomic E-state index is 12.8. The van der Waals surface area contributed by atoms with Crippen LogP contribution in [0, 0.1) is 30.6 Å². The predicted molar refractivity (Wildman–Crippen MR) is 161 cm³/mol. The normalized spacial score (nSPS) is 19.8. The number of allylic oxidation sites excluding steroid dienone is 1. The Labute approximate surface area is 244 Å². The van der Waals surface area contributed by atoms with Crippen LogP contribution < -0.4 is 14.5 Å². The summed E-state index contributed by atoms with van der Waals surface area (Å²) < 4.78 is 6.36. The number of benzene rings is 1. The van der Waals surface area contributed by atoms with Crippen molar-refractivity contribution in [3.63, 3.8) is 0 Å². The largest absolute Gasteiger partial charge is 0.463 e. The summed E-state index contributed by atoms with van der Waals surface area (Å²) in [6.45, 7) is 11.1. The van der Waals surface area contributed by atoms with Crippen LogP contribution >= 0.6 is 0 Å². The molecule has 2 fully saturated rings. The van der Waals surface area contributed by atoms with E-state index in [1.165, 1.54) is 16.8 Å². The van der Waals surface area contributed by atoms with Gasteiger partial charge in [0, 0.05) is 49.4 Å². The molecule has 1 saturated heterocycles. The second-order valence-electron chi connectivity index (χ2n) is 12.2. The van der Waals surface area contributed by atoms with E-state index >= 15 is 0 Å². The molecule has 2 aliphatic heterocycles. The van der Waals surface area contributed by atoms with Crippen LogP contribution in [0.2, 0.25) is 0 Å². The van der Waals surface area contributed by atoms with Gasteiger partial charge in [-0.3, -0.25) is 4.79 Å². The molecule has 1 unspecified atom stereocenters. The van der Waals surface area contributed by atoms with Crippen LogP contribution in [0.15, 0.2) is 30.4 Å². The van der Waals surface area contributed by atoms with E-state index in [9.17, 15) is 10.1 Å². The number of rotatable bonds is 9. The van der Waals surface area contributed by atoms with E-state index in [4.69, 9.17) is 14.7 Å². The van der Waals surface area contributed by atoms with Gasteiger partial charge in [-0.25, -0.2) is 0 Å². The standard InChI is InChI=1S/C32H43N7O2/c1-6-8-29(40)39-18-17-38(19-25(39)11-15-33)30-26-12-16-37(28-10-7-9-23(2)24(28)3)20-27(26)34-31(35-30)41-22-32(13-14-32)21-36(4)5/h6-10,25H,11-14,16-22H2,1-5H3/b8-6+. The van der Waals surface area contributed by atoms with Crippen LogP contribution in [-0.2, 0) is 17.8 Å². The maximum Gasteiger partial charge on any atom is 0.318 e. The van der Waals surface area contributed by atoms with Crippen molar-refractivity contribution in [1.29, 1.82) is 5.26 Å². The lowest BCUT2D eigenvalue weighted by Crippen LogP contribution is -2.55. The molecule has 0 N–H and O–H groups in total. The van der Waals surface area contributed by atoms with Gasteiger partial charge >= 0.3 is 6.01 Å². The minimum atomic E-state index is -0.197. The smallest absolute Gasteiger partial charge is 0.318 e. The summed E-state index contributed by atoms with van der Waals surface area (Å²) in [4.78, 5) is 31.5. The van der Waals surface area contributed by atoms with Crippen LogP contribution in [0.4, 0.5) is 11.5 Å². The van der Waals surface area contributed by atoms with Gasteiger partial charge in [0.1, 0.15) is 5.82 Å². The first-order chi connectivity index (χ1) is 19.7. The number of ether oxygens (including phenoxy) is 1. The van der Waals surface area contributed by atoms with Gasteiger partial charge in [0.2, 0.25) is 5.91 Å². The van der Waals surface area contributed by atoms with E-state index in [1.54, 1.807) is 12.2 Å². The minimum Gasteiger partial charge on any atom is -0.463 e. The Morgan fingerprint density at radius 1 is 1.20 bits per heavy atom.